The van der Waals surface area contributed by atoms with Crippen molar-refractivity contribution in [3.05, 3.63) is 53.9 Å². The zero-order valence-electron chi connectivity index (χ0n) is 10.0. The number of nitrogens with zero attached hydrogens (tertiary/aromatic N) is 1. The van der Waals surface area contributed by atoms with Crippen LogP contribution in [0.4, 0.5) is 0 Å². The van der Waals surface area contributed by atoms with Gasteiger partial charge in [-0.25, -0.2) is 0 Å². The maximum Gasteiger partial charge on any atom is 0.0413 e. The Labute approximate surface area is 92.6 Å². The summed E-state index contributed by atoms with van der Waals surface area (Å²) in [7, 11) is 0. The van der Waals surface area contributed by atoms with Crippen LogP contribution < -0.4 is 0 Å². The van der Waals surface area contributed by atoms with Gasteiger partial charge in [0.2, 0.25) is 0 Å². The molecule has 0 aliphatic carbocycles. The van der Waals surface area contributed by atoms with E-state index in [0.29, 0.717) is 0 Å². The fraction of sp³-hybridized carbons (Fsp3) is 0.357. The van der Waals surface area contributed by atoms with Crippen molar-refractivity contribution in [2.75, 3.05) is 0 Å². The lowest BCUT2D eigenvalue weighted by atomic mass is 9.77. The standard InChI is InChI=1S/C14H19N/c1-6-8-11(2)14(4,5)13-9-7-10-15-12(13)3/h6-10H,1H2,2-5H3/b11-8+. The lowest BCUT2D eigenvalue weighted by molar-refractivity contribution is 0.615. The minimum atomic E-state index is 0.0204. The minimum absolute atomic E-state index is 0.0204. The van der Waals surface area contributed by atoms with Crippen molar-refractivity contribution >= 4 is 0 Å². The zero-order chi connectivity index (χ0) is 11.5. The van der Waals surface area contributed by atoms with Crippen LogP contribution in [0.2, 0.25) is 0 Å². The molecule has 0 N–H and O–H groups in total. The van der Waals surface area contributed by atoms with E-state index in [1.807, 2.05) is 18.3 Å². The second kappa shape index (κ2) is 4.43. The first-order valence-electron chi connectivity index (χ1n) is 5.22. The van der Waals surface area contributed by atoms with Gasteiger partial charge in [-0.15, -0.1) is 0 Å². The number of allylic oxidation sites excluding steroid dienone is 3. The van der Waals surface area contributed by atoms with E-state index in [-0.39, 0.29) is 5.41 Å². The van der Waals surface area contributed by atoms with Crippen LogP contribution in [0.3, 0.4) is 0 Å². The Morgan fingerprint density at radius 1 is 1.47 bits per heavy atom. The molecule has 15 heavy (non-hydrogen) atoms. The molecule has 1 heterocycles. The molecule has 0 fully saturated rings. The molecule has 0 aromatic carbocycles. The minimum Gasteiger partial charge on any atom is -0.261 e. The molecule has 0 amide bonds. The van der Waals surface area contributed by atoms with Crippen LogP contribution in [0.25, 0.3) is 0 Å². The third-order valence-electron chi connectivity index (χ3n) is 3.03. The van der Waals surface area contributed by atoms with Crippen molar-refractivity contribution < 1.29 is 0 Å². The monoisotopic (exact) mass is 201 g/mol. The van der Waals surface area contributed by atoms with Gasteiger partial charge < -0.3 is 0 Å². The van der Waals surface area contributed by atoms with Crippen LogP contribution in [-0.2, 0) is 5.41 Å². The third kappa shape index (κ3) is 2.35. The normalized spacial score (nSPS) is 12.7. The second-order valence-electron chi connectivity index (χ2n) is 4.35. The highest BCUT2D eigenvalue weighted by Crippen LogP contribution is 2.32. The second-order valence-corrected chi connectivity index (χ2v) is 4.35. The summed E-state index contributed by atoms with van der Waals surface area (Å²) in [5.41, 5.74) is 3.69. The molecule has 1 nitrogen and oxygen atoms in total. The van der Waals surface area contributed by atoms with E-state index in [1.54, 1.807) is 0 Å². The van der Waals surface area contributed by atoms with Gasteiger partial charge in [-0.05, 0) is 25.5 Å². The summed E-state index contributed by atoms with van der Waals surface area (Å²) in [6.07, 6.45) is 5.73. The number of pyridine rings is 1. The number of rotatable bonds is 3. The molecular weight excluding hydrogens is 182 g/mol. The fourth-order valence-electron chi connectivity index (χ4n) is 1.74. The topological polar surface area (TPSA) is 12.9 Å². The van der Waals surface area contributed by atoms with Crippen molar-refractivity contribution in [3.63, 3.8) is 0 Å². The van der Waals surface area contributed by atoms with Gasteiger partial charge >= 0.3 is 0 Å². The summed E-state index contributed by atoms with van der Waals surface area (Å²) in [5, 5.41) is 0. The van der Waals surface area contributed by atoms with Crippen molar-refractivity contribution in [1.29, 1.82) is 0 Å². The van der Waals surface area contributed by atoms with E-state index in [1.165, 1.54) is 11.1 Å². The SMILES string of the molecule is C=C/C=C(\C)C(C)(C)c1cccnc1C. The molecular formula is C14H19N. The molecule has 1 heteroatoms. The number of aromatic nitrogens is 1. The van der Waals surface area contributed by atoms with Crippen molar-refractivity contribution in [2.45, 2.75) is 33.1 Å². The van der Waals surface area contributed by atoms with Crippen LogP contribution >= 0.6 is 0 Å². The first-order valence-corrected chi connectivity index (χ1v) is 5.22. The molecule has 0 aliphatic rings. The average molecular weight is 201 g/mol. The summed E-state index contributed by atoms with van der Waals surface area (Å²) in [6, 6.07) is 4.13. The molecule has 0 saturated heterocycles. The van der Waals surface area contributed by atoms with Crippen molar-refractivity contribution in [2.24, 2.45) is 0 Å². The van der Waals surface area contributed by atoms with Gasteiger partial charge in [-0.2, -0.15) is 0 Å². The van der Waals surface area contributed by atoms with Gasteiger partial charge in [-0.1, -0.05) is 44.2 Å². The maximum absolute atomic E-state index is 4.33. The quantitative estimate of drug-likeness (QED) is 0.678. The summed E-state index contributed by atoms with van der Waals surface area (Å²) in [5.74, 6) is 0. The van der Waals surface area contributed by atoms with E-state index in [9.17, 15) is 0 Å². The maximum atomic E-state index is 4.33. The largest absolute Gasteiger partial charge is 0.261 e. The average Bonchev–Trinajstić information content (AvgIpc) is 2.18. The van der Waals surface area contributed by atoms with Crippen molar-refractivity contribution in [3.8, 4) is 0 Å². The van der Waals surface area contributed by atoms with Gasteiger partial charge in [0.1, 0.15) is 0 Å². The Balaban J connectivity index is 3.22. The third-order valence-corrected chi connectivity index (χ3v) is 3.03. The molecule has 1 rings (SSSR count). The van der Waals surface area contributed by atoms with E-state index >= 15 is 0 Å². The molecule has 1 aromatic rings. The summed E-state index contributed by atoms with van der Waals surface area (Å²) in [4.78, 5) is 4.33. The van der Waals surface area contributed by atoms with Crippen LogP contribution in [-0.4, -0.2) is 4.98 Å². The fourth-order valence-corrected chi connectivity index (χ4v) is 1.74. The van der Waals surface area contributed by atoms with E-state index in [0.717, 1.165) is 5.69 Å². The van der Waals surface area contributed by atoms with Crippen LogP contribution in [0.1, 0.15) is 32.0 Å². The molecule has 1 aromatic heterocycles. The highest BCUT2D eigenvalue weighted by molar-refractivity contribution is 5.36. The molecule has 0 saturated carbocycles. The van der Waals surface area contributed by atoms with Crippen LogP contribution in [0.15, 0.2) is 42.6 Å². The molecule has 0 atom stereocenters. The van der Waals surface area contributed by atoms with Gasteiger partial charge in [0.05, 0.1) is 0 Å². The summed E-state index contributed by atoms with van der Waals surface area (Å²) < 4.78 is 0. The highest BCUT2D eigenvalue weighted by Gasteiger charge is 2.24. The summed E-state index contributed by atoms with van der Waals surface area (Å²) >= 11 is 0. The predicted molar refractivity (Wildman–Crippen MR) is 66.0 cm³/mol. The van der Waals surface area contributed by atoms with Gasteiger partial charge in [-0.3, -0.25) is 4.98 Å². The first-order chi connectivity index (χ1) is 7.00. The number of hydrogen-bond donors (Lipinski definition) is 0. The number of aryl methyl sites for hydroxylation is 1. The Bertz CT molecular complexity index is 386. The molecule has 0 bridgehead atoms. The molecule has 0 aliphatic heterocycles. The van der Waals surface area contributed by atoms with E-state index < -0.39 is 0 Å². The molecule has 80 valence electrons. The van der Waals surface area contributed by atoms with Gasteiger partial charge in [0.25, 0.3) is 0 Å². The van der Waals surface area contributed by atoms with Crippen LogP contribution in [0, 0.1) is 6.92 Å². The first kappa shape index (κ1) is 11.7. The highest BCUT2D eigenvalue weighted by atomic mass is 14.7. The van der Waals surface area contributed by atoms with Gasteiger partial charge in [0.15, 0.2) is 0 Å². The smallest absolute Gasteiger partial charge is 0.0413 e. The molecule has 0 radical (unpaired) electrons. The summed E-state index contributed by atoms with van der Waals surface area (Å²) in [6.45, 7) is 12.4. The molecule has 0 unspecified atom stereocenters. The predicted octanol–water partition coefficient (Wildman–Crippen LogP) is 3.80. The Morgan fingerprint density at radius 3 is 2.67 bits per heavy atom. The lowest BCUT2D eigenvalue weighted by Crippen LogP contribution is -2.20. The van der Waals surface area contributed by atoms with Crippen molar-refractivity contribution in [1.82, 2.24) is 4.98 Å². The lowest BCUT2D eigenvalue weighted by Gasteiger charge is -2.27. The van der Waals surface area contributed by atoms with Gasteiger partial charge in [0, 0.05) is 17.3 Å². The Hall–Kier alpha value is -1.37. The Morgan fingerprint density at radius 2 is 2.13 bits per heavy atom. The van der Waals surface area contributed by atoms with E-state index in [4.69, 9.17) is 0 Å². The Kier molecular flexibility index (Phi) is 3.46. The zero-order valence-corrected chi connectivity index (χ0v) is 10.0. The number of hydrogen-bond acceptors (Lipinski definition) is 1. The van der Waals surface area contributed by atoms with Crippen LogP contribution in [0.5, 0.6) is 0 Å². The molecule has 0 spiro atoms. The van der Waals surface area contributed by atoms with E-state index in [2.05, 4.69) is 51.4 Å².